The summed E-state index contributed by atoms with van der Waals surface area (Å²) in [5, 5.41) is 12.2. The molecule has 0 fully saturated rings. The number of hydrogen-bond donors (Lipinski definition) is 2. The maximum absolute atomic E-state index is 8.72. The second kappa shape index (κ2) is 8.09. The molecule has 3 heteroatoms. The molecule has 17 heavy (non-hydrogen) atoms. The molecule has 1 aromatic rings. The maximum atomic E-state index is 8.72. The SMILES string of the molecule is CCC(NCCCCO)c1ccc(OC)cc1. The lowest BCUT2D eigenvalue weighted by molar-refractivity contribution is 0.282. The Labute approximate surface area is 104 Å². The van der Waals surface area contributed by atoms with Crippen LogP contribution in [0.1, 0.15) is 37.8 Å². The first-order valence-electron chi connectivity index (χ1n) is 6.30. The number of aliphatic hydroxyl groups excluding tert-OH is 1. The van der Waals surface area contributed by atoms with E-state index in [1.165, 1.54) is 5.56 Å². The highest BCUT2D eigenvalue weighted by atomic mass is 16.5. The van der Waals surface area contributed by atoms with Crippen molar-refractivity contribution in [2.24, 2.45) is 0 Å². The molecule has 0 amide bonds. The zero-order valence-electron chi connectivity index (χ0n) is 10.8. The van der Waals surface area contributed by atoms with Gasteiger partial charge in [0, 0.05) is 12.6 Å². The van der Waals surface area contributed by atoms with Gasteiger partial charge in [0.25, 0.3) is 0 Å². The second-order valence-corrected chi connectivity index (χ2v) is 4.12. The molecule has 0 spiro atoms. The van der Waals surface area contributed by atoms with Crippen LogP contribution in [-0.2, 0) is 0 Å². The fraction of sp³-hybridized carbons (Fsp3) is 0.571. The third kappa shape index (κ3) is 4.75. The minimum atomic E-state index is 0.279. The third-order valence-electron chi connectivity index (χ3n) is 2.90. The third-order valence-corrected chi connectivity index (χ3v) is 2.90. The zero-order valence-corrected chi connectivity index (χ0v) is 10.8. The van der Waals surface area contributed by atoms with E-state index in [1.807, 2.05) is 12.1 Å². The highest BCUT2D eigenvalue weighted by molar-refractivity contribution is 5.29. The highest BCUT2D eigenvalue weighted by Crippen LogP contribution is 2.19. The van der Waals surface area contributed by atoms with Crippen LogP contribution < -0.4 is 10.1 Å². The van der Waals surface area contributed by atoms with Gasteiger partial charge >= 0.3 is 0 Å². The fourth-order valence-corrected chi connectivity index (χ4v) is 1.85. The van der Waals surface area contributed by atoms with Gasteiger partial charge in [0.15, 0.2) is 0 Å². The Morgan fingerprint density at radius 2 is 1.94 bits per heavy atom. The molecular weight excluding hydrogens is 214 g/mol. The second-order valence-electron chi connectivity index (χ2n) is 4.12. The number of hydrogen-bond acceptors (Lipinski definition) is 3. The molecule has 0 saturated carbocycles. The van der Waals surface area contributed by atoms with Crippen LogP contribution >= 0.6 is 0 Å². The van der Waals surface area contributed by atoms with E-state index in [4.69, 9.17) is 9.84 Å². The Morgan fingerprint density at radius 3 is 2.47 bits per heavy atom. The van der Waals surface area contributed by atoms with Crippen LogP contribution in [-0.4, -0.2) is 25.4 Å². The van der Waals surface area contributed by atoms with Crippen LogP contribution in [0, 0.1) is 0 Å². The van der Waals surface area contributed by atoms with E-state index in [9.17, 15) is 0 Å². The maximum Gasteiger partial charge on any atom is 0.118 e. The minimum absolute atomic E-state index is 0.279. The average molecular weight is 237 g/mol. The van der Waals surface area contributed by atoms with Gasteiger partial charge in [0.1, 0.15) is 5.75 Å². The molecular formula is C14H23NO2. The molecule has 1 unspecified atom stereocenters. The number of benzene rings is 1. The molecule has 1 rings (SSSR count). The van der Waals surface area contributed by atoms with Crippen LogP contribution in [0.4, 0.5) is 0 Å². The topological polar surface area (TPSA) is 41.5 Å². The molecule has 0 aliphatic rings. The first kappa shape index (κ1) is 14.0. The van der Waals surface area contributed by atoms with Gasteiger partial charge in [-0.05, 0) is 43.5 Å². The van der Waals surface area contributed by atoms with Gasteiger partial charge in [0.2, 0.25) is 0 Å². The largest absolute Gasteiger partial charge is 0.497 e. The van der Waals surface area contributed by atoms with Gasteiger partial charge in [-0.1, -0.05) is 19.1 Å². The smallest absolute Gasteiger partial charge is 0.118 e. The molecule has 0 radical (unpaired) electrons. The van der Waals surface area contributed by atoms with Crippen molar-refractivity contribution >= 4 is 0 Å². The molecule has 0 aromatic heterocycles. The lowest BCUT2D eigenvalue weighted by atomic mass is 10.0. The number of unbranched alkanes of at least 4 members (excludes halogenated alkanes) is 1. The van der Waals surface area contributed by atoms with Crippen LogP contribution in [0.5, 0.6) is 5.75 Å². The van der Waals surface area contributed by atoms with Crippen molar-refractivity contribution in [2.45, 2.75) is 32.2 Å². The lowest BCUT2D eigenvalue weighted by Crippen LogP contribution is -2.22. The number of aliphatic hydroxyl groups is 1. The van der Waals surface area contributed by atoms with E-state index < -0.39 is 0 Å². The monoisotopic (exact) mass is 237 g/mol. The van der Waals surface area contributed by atoms with Crippen molar-refractivity contribution in [3.8, 4) is 5.75 Å². The first-order valence-corrected chi connectivity index (χ1v) is 6.30. The predicted octanol–water partition coefficient (Wildman–Crippen LogP) is 2.51. The summed E-state index contributed by atoms with van der Waals surface area (Å²) < 4.78 is 5.15. The molecule has 1 atom stereocenters. The standard InChI is InChI=1S/C14H23NO2/c1-3-14(15-10-4-5-11-16)12-6-8-13(17-2)9-7-12/h6-9,14-16H,3-5,10-11H2,1-2H3. The molecule has 0 aliphatic carbocycles. The van der Waals surface area contributed by atoms with E-state index in [2.05, 4.69) is 24.4 Å². The van der Waals surface area contributed by atoms with Crippen molar-refractivity contribution in [3.63, 3.8) is 0 Å². The Kier molecular flexibility index (Phi) is 6.67. The van der Waals surface area contributed by atoms with Crippen molar-refractivity contribution < 1.29 is 9.84 Å². The summed E-state index contributed by atoms with van der Waals surface area (Å²) in [6, 6.07) is 8.58. The van der Waals surface area contributed by atoms with Gasteiger partial charge in [-0.3, -0.25) is 0 Å². The number of ether oxygens (including phenoxy) is 1. The zero-order chi connectivity index (χ0) is 12.5. The van der Waals surface area contributed by atoms with Gasteiger partial charge in [-0.25, -0.2) is 0 Å². The lowest BCUT2D eigenvalue weighted by Gasteiger charge is -2.17. The van der Waals surface area contributed by atoms with E-state index in [1.54, 1.807) is 7.11 Å². The first-order chi connectivity index (χ1) is 8.31. The Bertz CT molecular complexity index is 298. The van der Waals surface area contributed by atoms with Crippen molar-refractivity contribution in [1.82, 2.24) is 5.32 Å². The minimum Gasteiger partial charge on any atom is -0.497 e. The molecule has 2 N–H and O–H groups in total. The van der Waals surface area contributed by atoms with Crippen molar-refractivity contribution in [3.05, 3.63) is 29.8 Å². The molecule has 0 bridgehead atoms. The van der Waals surface area contributed by atoms with E-state index in [0.717, 1.165) is 31.6 Å². The Hall–Kier alpha value is -1.06. The molecule has 3 nitrogen and oxygen atoms in total. The fourth-order valence-electron chi connectivity index (χ4n) is 1.85. The Balaban J connectivity index is 2.47. The van der Waals surface area contributed by atoms with Crippen LogP contribution in [0.3, 0.4) is 0 Å². The van der Waals surface area contributed by atoms with E-state index in [0.29, 0.717) is 6.04 Å². The number of rotatable bonds is 8. The molecule has 0 aliphatic heterocycles. The molecule has 1 aromatic carbocycles. The van der Waals surface area contributed by atoms with E-state index in [-0.39, 0.29) is 6.61 Å². The summed E-state index contributed by atoms with van der Waals surface area (Å²) in [4.78, 5) is 0. The van der Waals surface area contributed by atoms with Gasteiger partial charge in [0.05, 0.1) is 7.11 Å². The highest BCUT2D eigenvalue weighted by Gasteiger charge is 2.07. The van der Waals surface area contributed by atoms with Crippen LogP contribution in [0.25, 0.3) is 0 Å². The summed E-state index contributed by atoms with van der Waals surface area (Å²) in [5.74, 6) is 0.892. The molecule has 96 valence electrons. The molecule has 0 heterocycles. The average Bonchev–Trinajstić information content (AvgIpc) is 2.39. The van der Waals surface area contributed by atoms with Gasteiger partial charge in [-0.2, -0.15) is 0 Å². The Morgan fingerprint density at radius 1 is 1.24 bits per heavy atom. The van der Waals surface area contributed by atoms with Crippen molar-refractivity contribution in [1.29, 1.82) is 0 Å². The van der Waals surface area contributed by atoms with Gasteiger partial charge < -0.3 is 15.2 Å². The summed E-state index contributed by atoms with van der Waals surface area (Å²) >= 11 is 0. The summed E-state index contributed by atoms with van der Waals surface area (Å²) in [5.41, 5.74) is 1.29. The summed E-state index contributed by atoms with van der Waals surface area (Å²) in [6.07, 6.45) is 2.95. The van der Waals surface area contributed by atoms with Gasteiger partial charge in [-0.15, -0.1) is 0 Å². The van der Waals surface area contributed by atoms with Crippen LogP contribution in [0.2, 0.25) is 0 Å². The summed E-state index contributed by atoms with van der Waals surface area (Å²) in [7, 11) is 1.68. The molecule has 0 saturated heterocycles. The number of methoxy groups -OCH3 is 1. The van der Waals surface area contributed by atoms with Crippen molar-refractivity contribution in [2.75, 3.05) is 20.3 Å². The quantitative estimate of drug-likeness (QED) is 0.683. The van der Waals surface area contributed by atoms with Crippen LogP contribution in [0.15, 0.2) is 24.3 Å². The van der Waals surface area contributed by atoms with E-state index >= 15 is 0 Å². The summed E-state index contributed by atoms with van der Waals surface area (Å²) in [6.45, 7) is 3.40. The normalized spacial score (nSPS) is 12.4. The number of nitrogens with one attached hydrogen (secondary N) is 1. The predicted molar refractivity (Wildman–Crippen MR) is 70.3 cm³/mol.